The normalized spacial score (nSPS) is 14.2. The Hall–Kier alpha value is -1.16. The van der Waals surface area contributed by atoms with Gasteiger partial charge in [0, 0.05) is 15.8 Å². The van der Waals surface area contributed by atoms with Gasteiger partial charge in [0.25, 0.3) is 0 Å². The number of hydrogen-bond donors (Lipinski definition) is 2. The van der Waals surface area contributed by atoms with Gasteiger partial charge in [-0.3, -0.25) is 0 Å². The van der Waals surface area contributed by atoms with Crippen molar-refractivity contribution in [3.63, 3.8) is 0 Å². The minimum absolute atomic E-state index is 0.0155. The molecule has 2 N–H and O–H groups in total. The van der Waals surface area contributed by atoms with E-state index in [2.05, 4.69) is 62.5 Å². The van der Waals surface area contributed by atoms with Crippen molar-refractivity contribution in [1.29, 1.82) is 0 Å². The predicted molar refractivity (Wildman–Crippen MR) is 86.3 cm³/mol. The highest BCUT2D eigenvalue weighted by molar-refractivity contribution is 7.12. The van der Waals surface area contributed by atoms with E-state index in [1.165, 1.54) is 15.3 Å². The number of hydrogen-bond acceptors (Lipinski definition) is 3. The number of aliphatic hydroxyl groups excluding tert-OH is 1. The van der Waals surface area contributed by atoms with Crippen molar-refractivity contribution in [2.24, 2.45) is 0 Å². The van der Waals surface area contributed by atoms with Gasteiger partial charge in [0.05, 0.1) is 12.6 Å². The van der Waals surface area contributed by atoms with Crippen LogP contribution >= 0.6 is 11.3 Å². The van der Waals surface area contributed by atoms with E-state index in [0.29, 0.717) is 0 Å². The summed E-state index contributed by atoms with van der Waals surface area (Å²) in [5.74, 6) is 0. The quantitative estimate of drug-likeness (QED) is 0.842. The molecule has 2 nitrogen and oxygen atoms in total. The summed E-state index contributed by atoms with van der Waals surface area (Å²) in [7, 11) is 0. The van der Waals surface area contributed by atoms with E-state index in [-0.39, 0.29) is 18.7 Å². The Morgan fingerprint density at radius 3 is 2.35 bits per heavy atom. The molecule has 2 atom stereocenters. The number of rotatable bonds is 6. The van der Waals surface area contributed by atoms with E-state index >= 15 is 0 Å². The van der Waals surface area contributed by atoms with Crippen molar-refractivity contribution in [3.8, 4) is 0 Å². The molecule has 3 heteroatoms. The zero-order chi connectivity index (χ0) is 14.5. The van der Waals surface area contributed by atoms with Crippen LogP contribution in [-0.2, 0) is 6.42 Å². The largest absolute Gasteiger partial charge is 0.394 e. The van der Waals surface area contributed by atoms with Gasteiger partial charge in [-0.2, -0.15) is 0 Å². The van der Waals surface area contributed by atoms with Gasteiger partial charge in [-0.05, 0) is 43.5 Å². The summed E-state index contributed by atoms with van der Waals surface area (Å²) in [6.45, 7) is 6.53. The molecule has 0 aliphatic heterocycles. The Morgan fingerprint density at radius 1 is 1.15 bits per heavy atom. The van der Waals surface area contributed by atoms with Crippen LogP contribution in [0.5, 0.6) is 0 Å². The Bertz CT molecular complexity index is 532. The third kappa shape index (κ3) is 3.69. The monoisotopic (exact) mass is 289 g/mol. The molecule has 2 unspecified atom stereocenters. The van der Waals surface area contributed by atoms with E-state index in [1.807, 2.05) is 0 Å². The average Bonchev–Trinajstić information content (AvgIpc) is 2.91. The molecule has 20 heavy (non-hydrogen) atoms. The summed E-state index contributed by atoms with van der Waals surface area (Å²) < 4.78 is 0. The molecule has 0 saturated heterocycles. The lowest BCUT2D eigenvalue weighted by Gasteiger charge is -2.21. The first-order valence-electron chi connectivity index (χ1n) is 7.16. The van der Waals surface area contributed by atoms with Crippen molar-refractivity contribution < 1.29 is 5.11 Å². The molecule has 0 saturated carbocycles. The molecule has 0 aliphatic carbocycles. The minimum atomic E-state index is -0.0155. The van der Waals surface area contributed by atoms with Crippen LogP contribution in [0.4, 0.5) is 0 Å². The number of aryl methyl sites for hydroxylation is 2. The maximum Gasteiger partial charge on any atom is 0.0626 e. The second-order valence-corrected chi connectivity index (χ2v) is 6.49. The topological polar surface area (TPSA) is 32.3 Å². The first-order valence-corrected chi connectivity index (χ1v) is 7.97. The zero-order valence-corrected chi connectivity index (χ0v) is 13.2. The molecular formula is C17H23NOS. The fourth-order valence-electron chi connectivity index (χ4n) is 2.31. The first-order chi connectivity index (χ1) is 9.63. The molecule has 0 amide bonds. The minimum Gasteiger partial charge on any atom is -0.394 e. The van der Waals surface area contributed by atoms with E-state index in [4.69, 9.17) is 0 Å². The van der Waals surface area contributed by atoms with E-state index in [9.17, 15) is 5.11 Å². The third-order valence-corrected chi connectivity index (χ3v) is 4.80. The van der Waals surface area contributed by atoms with Gasteiger partial charge in [0.15, 0.2) is 0 Å². The number of nitrogens with one attached hydrogen (secondary N) is 1. The standard InChI is InChI=1S/C17H23NOS/c1-4-14-6-8-15(9-7-14)16(11-19)18-13(3)17-10-5-12(2)20-17/h5-10,13,16,18-19H,4,11H2,1-3H3. The van der Waals surface area contributed by atoms with Crippen LogP contribution in [0.1, 0.15) is 46.8 Å². The Balaban J connectivity index is 2.07. The maximum absolute atomic E-state index is 9.65. The highest BCUT2D eigenvalue weighted by Crippen LogP contribution is 2.25. The molecular weight excluding hydrogens is 266 g/mol. The second kappa shape index (κ2) is 7.02. The Labute approximate surface area is 125 Å². The van der Waals surface area contributed by atoms with Gasteiger partial charge in [0.1, 0.15) is 0 Å². The van der Waals surface area contributed by atoms with Crippen molar-refractivity contribution in [1.82, 2.24) is 5.32 Å². The third-order valence-electron chi connectivity index (χ3n) is 3.61. The van der Waals surface area contributed by atoms with E-state index in [1.54, 1.807) is 11.3 Å². The molecule has 108 valence electrons. The molecule has 0 spiro atoms. The van der Waals surface area contributed by atoms with Crippen molar-refractivity contribution in [2.75, 3.05) is 6.61 Å². The Kier molecular flexibility index (Phi) is 5.35. The van der Waals surface area contributed by atoms with Crippen LogP contribution in [0.15, 0.2) is 36.4 Å². The molecule has 1 heterocycles. The van der Waals surface area contributed by atoms with Gasteiger partial charge in [-0.15, -0.1) is 11.3 Å². The smallest absolute Gasteiger partial charge is 0.0626 e. The van der Waals surface area contributed by atoms with Crippen LogP contribution in [0.25, 0.3) is 0 Å². The van der Waals surface area contributed by atoms with Crippen LogP contribution < -0.4 is 5.32 Å². The van der Waals surface area contributed by atoms with Crippen molar-refractivity contribution in [2.45, 2.75) is 39.3 Å². The zero-order valence-electron chi connectivity index (χ0n) is 12.4. The van der Waals surface area contributed by atoms with E-state index < -0.39 is 0 Å². The number of benzene rings is 1. The SMILES string of the molecule is CCc1ccc(C(CO)NC(C)c2ccc(C)s2)cc1. The lowest BCUT2D eigenvalue weighted by molar-refractivity contribution is 0.236. The summed E-state index contributed by atoms with van der Waals surface area (Å²) in [6.07, 6.45) is 1.04. The first kappa shape index (κ1) is 15.2. The van der Waals surface area contributed by atoms with Crippen LogP contribution in [0.3, 0.4) is 0 Å². The average molecular weight is 289 g/mol. The fraction of sp³-hybridized carbons (Fsp3) is 0.412. The molecule has 2 aromatic rings. The number of aliphatic hydroxyl groups is 1. The summed E-state index contributed by atoms with van der Waals surface area (Å²) in [6, 6.07) is 13.0. The van der Waals surface area contributed by atoms with Crippen LogP contribution in [0.2, 0.25) is 0 Å². The summed E-state index contributed by atoms with van der Waals surface area (Å²) >= 11 is 1.81. The molecule has 0 aliphatic rings. The van der Waals surface area contributed by atoms with Crippen molar-refractivity contribution >= 4 is 11.3 Å². The molecule has 0 fully saturated rings. The van der Waals surface area contributed by atoms with Crippen LogP contribution in [0, 0.1) is 6.92 Å². The highest BCUT2D eigenvalue weighted by Gasteiger charge is 2.15. The van der Waals surface area contributed by atoms with E-state index in [0.717, 1.165) is 12.0 Å². The predicted octanol–water partition coefficient (Wildman–Crippen LogP) is 4.00. The molecule has 1 aromatic carbocycles. The summed E-state index contributed by atoms with van der Waals surface area (Å²) in [5.41, 5.74) is 2.47. The van der Waals surface area contributed by atoms with Crippen LogP contribution in [-0.4, -0.2) is 11.7 Å². The molecule has 1 aromatic heterocycles. The summed E-state index contributed by atoms with van der Waals surface area (Å²) in [5, 5.41) is 13.2. The lowest BCUT2D eigenvalue weighted by atomic mass is 10.0. The summed E-state index contributed by atoms with van der Waals surface area (Å²) in [4.78, 5) is 2.63. The van der Waals surface area contributed by atoms with Gasteiger partial charge in [-0.25, -0.2) is 0 Å². The second-order valence-electron chi connectivity index (χ2n) is 5.17. The Morgan fingerprint density at radius 2 is 1.85 bits per heavy atom. The number of thiophene rings is 1. The van der Waals surface area contributed by atoms with Gasteiger partial charge >= 0.3 is 0 Å². The molecule has 0 radical (unpaired) electrons. The molecule has 2 rings (SSSR count). The highest BCUT2D eigenvalue weighted by atomic mass is 32.1. The van der Waals surface area contributed by atoms with Gasteiger partial charge in [0.2, 0.25) is 0 Å². The van der Waals surface area contributed by atoms with Gasteiger partial charge in [-0.1, -0.05) is 31.2 Å². The maximum atomic E-state index is 9.65. The van der Waals surface area contributed by atoms with Crippen molar-refractivity contribution in [3.05, 3.63) is 57.3 Å². The molecule has 0 bridgehead atoms. The van der Waals surface area contributed by atoms with Gasteiger partial charge < -0.3 is 10.4 Å². The fourth-order valence-corrected chi connectivity index (χ4v) is 3.20. The lowest BCUT2D eigenvalue weighted by Crippen LogP contribution is -2.26.